The molecule has 0 aromatic heterocycles. The number of aliphatic carboxylic acids is 3. The SMILES string of the molecule is CSCC(C=O)NC(=O)[C@H](CC(C)C)NC(=O)[C@@H](N(C(=O)CCC(=O)O)C(=O)[C@H](Cc1ccccc1C)NC(=O)[C@H](CCC(=O)O)NC(=O)[C@@H](N)CC(=O)O)C(C)(C)C. The molecule has 0 aliphatic heterocycles. The van der Waals surface area contributed by atoms with Gasteiger partial charge in [0, 0.05) is 25.0 Å². The molecule has 0 fully saturated rings. The number of carbonyl (C=O) groups is 10. The molecule has 1 rings (SSSR count). The number of nitrogens with zero attached hydrogens (tertiary/aromatic N) is 1. The molecule has 1 aromatic carbocycles. The summed E-state index contributed by atoms with van der Waals surface area (Å²) in [6.45, 7) is 9.83. The number of hydrogen-bond acceptors (Lipinski definition) is 12. The van der Waals surface area contributed by atoms with Gasteiger partial charge >= 0.3 is 17.9 Å². The quantitative estimate of drug-likeness (QED) is 0.0617. The van der Waals surface area contributed by atoms with Crippen molar-refractivity contribution in [3.8, 4) is 0 Å². The predicted octanol–water partition coefficient (Wildman–Crippen LogP) is 0.386. The number of aryl methyl sites for hydroxylation is 1. The Bertz CT molecular complexity index is 1700. The standard InChI is InChI=1S/C39H58N6O13S/c1-21(2)16-27(36(56)41-24(19-46)20-59-7)43-37(57)33(39(4,5)6)45(29(47)13-15-31(50)51)38(58)28(17-23-11-9-8-10-22(23)3)44-35(55)26(12-14-30(48)49)42-34(54)25(40)18-32(52)53/h8-11,19,21,24-28,33H,12-18,20,40H2,1-7H3,(H,41,56)(H,42,54)(H,43,57)(H,44,55)(H,48,49)(H,50,51)(H,52,53)/t24?,25-,26-,27-,28-,33+/m0/s1. The number of imide groups is 1. The minimum atomic E-state index is -1.74. The van der Waals surface area contributed by atoms with Crippen LogP contribution in [-0.4, -0.2) is 128 Å². The van der Waals surface area contributed by atoms with E-state index in [1.165, 1.54) is 32.5 Å². The summed E-state index contributed by atoms with van der Waals surface area (Å²) in [4.78, 5) is 130. The second kappa shape index (κ2) is 24.5. The summed E-state index contributed by atoms with van der Waals surface area (Å²) >= 11 is 1.30. The maximum Gasteiger partial charge on any atom is 0.305 e. The van der Waals surface area contributed by atoms with Gasteiger partial charge in [-0.15, -0.1) is 0 Å². The normalized spacial score (nSPS) is 14.3. The molecule has 0 bridgehead atoms. The van der Waals surface area contributed by atoms with E-state index in [1.807, 2.05) is 0 Å². The van der Waals surface area contributed by atoms with Gasteiger partial charge < -0.3 is 47.1 Å². The summed E-state index contributed by atoms with van der Waals surface area (Å²) in [5.41, 5.74) is 5.50. The van der Waals surface area contributed by atoms with E-state index < -0.39 is 127 Å². The van der Waals surface area contributed by atoms with E-state index in [2.05, 4.69) is 21.3 Å². The Hall–Kier alpha value is -5.37. The highest BCUT2D eigenvalue weighted by atomic mass is 32.2. The van der Waals surface area contributed by atoms with Crippen molar-refractivity contribution in [2.24, 2.45) is 17.1 Å². The Morgan fingerprint density at radius 3 is 1.85 bits per heavy atom. The van der Waals surface area contributed by atoms with Crippen LogP contribution in [0.2, 0.25) is 0 Å². The van der Waals surface area contributed by atoms with Crippen LogP contribution in [-0.2, 0) is 54.4 Å². The van der Waals surface area contributed by atoms with Crippen LogP contribution in [0.1, 0.15) is 84.3 Å². The lowest BCUT2D eigenvalue weighted by Gasteiger charge is -2.40. The fourth-order valence-corrected chi connectivity index (χ4v) is 6.47. The highest BCUT2D eigenvalue weighted by molar-refractivity contribution is 7.98. The van der Waals surface area contributed by atoms with Crippen molar-refractivity contribution >= 4 is 71.4 Å². The average Bonchev–Trinajstić information content (AvgIpc) is 3.12. The zero-order chi connectivity index (χ0) is 45.2. The maximum absolute atomic E-state index is 14.9. The number of carboxylic acid groups (broad SMARTS) is 3. The Morgan fingerprint density at radius 1 is 0.780 bits per heavy atom. The number of rotatable bonds is 25. The lowest BCUT2D eigenvalue weighted by molar-refractivity contribution is -0.159. The zero-order valence-electron chi connectivity index (χ0n) is 34.4. The second-order valence-corrected chi connectivity index (χ2v) is 16.5. The van der Waals surface area contributed by atoms with Gasteiger partial charge in [0.1, 0.15) is 30.5 Å². The van der Waals surface area contributed by atoms with Crippen molar-refractivity contribution in [3.05, 3.63) is 35.4 Å². The molecule has 59 heavy (non-hydrogen) atoms. The molecule has 0 saturated heterocycles. The van der Waals surface area contributed by atoms with Gasteiger partial charge in [-0.25, -0.2) is 0 Å². The van der Waals surface area contributed by atoms with Gasteiger partial charge in [-0.1, -0.05) is 58.9 Å². The van der Waals surface area contributed by atoms with Crippen LogP contribution in [0.4, 0.5) is 0 Å². The smallest absolute Gasteiger partial charge is 0.305 e. The molecule has 6 amide bonds. The summed E-state index contributed by atoms with van der Waals surface area (Å²) in [6.07, 6.45) is -1.51. The first-order valence-electron chi connectivity index (χ1n) is 18.9. The molecule has 0 spiro atoms. The van der Waals surface area contributed by atoms with Crippen molar-refractivity contribution in [2.75, 3.05) is 12.0 Å². The van der Waals surface area contributed by atoms with Gasteiger partial charge in [0.05, 0.1) is 24.9 Å². The Morgan fingerprint density at radius 2 is 1.34 bits per heavy atom. The van der Waals surface area contributed by atoms with E-state index in [0.717, 1.165) is 0 Å². The van der Waals surface area contributed by atoms with Gasteiger partial charge in [-0.05, 0) is 48.5 Å². The molecule has 6 atom stereocenters. The summed E-state index contributed by atoms with van der Waals surface area (Å²) in [7, 11) is 0. The fraction of sp³-hybridized carbons (Fsp3) is 0.590. The molecular formula is C39H58N6O13S. The molecule has 1 aromatic rings. The number of carboxylic acids is 3. The van der Waals surface area contributed by atoms with Crippen LogP contribution in [0.3, 0.4) is 0 Å². The van der Waals surface area contributed by atoms with Crippen molar-refractivity contribution < 1.29 is 63.3 Å². The third-order valence-electron chi connectivity index (χ3n) is 8.87. The molecule has 0 radical (unpaired) electrons. The van der Waals surface area contributed by atoms with Crippen LogP contribution in [0, 0.1) is 18.3 Å². The number of hydrogen-bond donors (Lipinski definition) is 8. The van der Waals surface area contributed by atoms with Crippen LogP contribution in [0.15, 0.2) is 24.3 Å². The number of carbonyl (C=O) groups excluding carboxylic acids is 7. The van der Waals surface area contributed by atoms with Crippen LogP contribution in [0.5, 0.6) is 0 Å². The number of aldehydes is 1. The monoisotopic (exact) mass is 850 g/mol. The number of nitrogens with two attached hydrogens (primary N) is 1. The first kappa shape index (κ1) is 51.6. The highest BCUT2D eigenvalue weighted by Gasteiger charge is 2.46. The lowest BCUT2D eigenvalue weighted by Crippen LogP contribution is -2.64. The summed E-state index contributed by atoms with van der Waals surface area (Å²) in [5.74, 6) is -10.3. The maximum atomic E-state index is 14.9. The van der Waals surface area contributed by atoms with Crippen LogP contribution in [0.25, 0.3) is 0 Å². The lowest BCUT2D eigenvalue weighted by atomic mass is 9.83. The summed E-state index contributed by atoms with van der Waals surface area (Å²) < 4.78 is 0. The zero-order valence-corrected chi connectivity index (χ0v) is 35.3. The van der Waals surface area contributed by atoms with E-state index in [4.69, 9.17) is 10.8 Å². The Balaban J connectivity index is 3.94. The second-order valence-electron chi connectivity index (χ2n) is 15.6. The molecule has 9 N–H and O–H groups in total. The van der Waals surface area contributed by atoms with E-state index in [0.29, 0.717) is 22.3 Å². The van der Waals surface area contributed by atoms with Crippen molar-refractivity contribution in [1.82, 2.24) is 26.2 Å². The van der Waals surface area contributed by atoms with Gasteiger partial charge in [0.2, 0.25) is 29.5 Å². The largest absolute Gasteiger partial charge is 0.481 e. The van der Waals surface area contributed by atoms with Crippen molar-refractivity contribution in [1.29, 1.82) is 0 Å². The highest BCUT2D eigenvalue weighted by Crippen LogP contribution is 2.28. The third kappa shape index (κ3) is 18.0. The van der Waals surface area contributed by atoms with Gasteiger partial charge in [-0.3, -0.25) is 48.1 Å². The van der Waals surface area contributed by atoms with Gasteiger partial charge in [0.15, 0.2) is 0 Å². The minimum Gasteiger partial charge on any atom is -0.481 e. The van der Waals surface area contributed by atoms with Crippen molar-refractivity contribution in [2.45, 2.75) is 123 Å². The molecule has 0 saturated carbocycles. The van der Waals surface area contributed by atoms with Gasteiger partial charge in [-0.2, -0.15) is 11.8 Å². The number of thioether (sulfide) groups is 1. The molecule has 20 heteroatoms. The molecule has 0 aliphatic carbocycles. The van der Waals surface area contributed by atoms with E-state index in [1.54, 1.807) is 51.3 Å². The molecule has 19 nitrogen and oxygen atoms in total. The molecule has 0 heterocycles. The first-order chi connectivity index (χ1) is 27.4. The fourth-order valence-electron chi connectivity index (χ4n) is 5.95. The summed E-state index contributed by atoms with van der Waals surface area (Å²) in [5, 5.41) is 37.9. The molecular weight excluding hydrogens is 793 g/mol. The van der Waals surface area contributed by atoms with Crippen molar-refractivity contribution in [3.63, 3.8) is 0 Å². The van der Waals surface area contributed by atoms with Crippen LogP contribution >= 0.6 is 11.8 Å². The number of amides is 6. The average molecular weight is 851 g/mol. The van der Waals surface area contributed by atoms with E-state index in [9.17, 15) is 58.2 Å². The minimum absolute atomic E-state index is 0.0751. The molecule has 1 unspecified atom stereocenters. The number of nitrogens with one attached hydrogen (secondary N) is 4. The Kier molecular flexibility index (Phi) is 21.5. The van der Waals surface area contributed by atoms with Gasteiger partial charge in [0.25, 0.3) is 5.91 Å². The number of benzene rings is 1. The Labute approximate surface area is 347 Å². The van der Waals surface area contributed by atoms with E-state index >= 15 is 0 Å². The first-order valence-corrected chi connectivity index (χ1v) is 20.3. The predicted molar refractivity (Wildman–Crippen MR) is 216 cm³/mol. The van der Waals surface area contributed by atoms with Crippen LogP contribution < -0.4 is 27.0 Å². The van der Waals surface area contributed by atoms with E-state index in [-0.39, 0.29) is 24.5 Å². The molecule has 0 aliphatic rings. The summed E-state index contributed by atoms with van der Waals surface area (Å²) in [6, 6.07) is -2.25. The third-order valence-corrected chi connectivity index (χ3v) is 9.57. The molecule has 328 valence electrons. The topological polar surface area (TPSA) is 309 Å².